The average Bonchev–Trinajstić information content (AvgIpc) is 3.55. The Morgan fingerprint density at radius 1 is 0.944 bits per heavy atom. The van der Waals surface area contributed by atoms with Crippen LogP contribution in [0, 0.1) is 19.8 Å². The fraction of sp³-hybridized carbons (Fsp3) is 0.567. The molecule has 4 heterocycles. The number of hydrogen-bond acceptors (Lipinski definition) is 4. The zero-order valence-corrected chi connectivity index (χ0v) is 21.6. The molecule has 6 nitrogen and oxygen atoms in total. The Morgan fingerprint density at radius 3 is 2.33 bits per heavy atom. The van der Waals surface area contributed by atoms with Crippen LogP contribution in [0.25, 0.3) is 0 Å². The average molecular weight is 487 g/mol. The lowest BCUT2D eigenvalue weighted by atomic mass is 9.94. The summed E-state index contributed by atoms with van der Waals surface area (Å²) in [6, 6.07) is 13.8. The highest BCUT2D eigenvalue weighted by atomic mass is 16.2. The standard InChI is InChI=1S/C30H38N4O2/c1-20-12-14-31-21(2)28(20)30(36)34-24-10-11-25(34)17-27(16-24)32-15-13-26(19-32)33(29(35)23-8-9-23)18-22-6-4-3-5-7-22/h3-7,12,14,23-27H,8-11,13,15-19H2,1-2H3. The van der Waals surface area contributed by atoms with Crippen molar-refractivity contribution in [1.82, 2.24) is 19.7 Å². The number of fused-ring (bicyclic) bond motifs is 2. The van der Waals surface area contributed by atoms with Crippen molar-refractivity contribution in [2.75, 3.05) is 13.1 Å². The third-order valence-electron chi connectivity index (χ3n) is 9.06. The molecule has 6 heteroatoms. The fourth-order valence-corrected chi connectivity index (χ4v) is 7.01. The van der Waals surface area contributed by atoms with E-state index in [2.05, 4.69) is 43.9 Å². The fourth-order valence-electron chi connectivity index (χ4n) is 7.01. The molecule has 0 N–H and O–H groups in total. The van der Waals surface area contributed by atoms with Crippen LogP contribution in [0.15, 0.2) is 42.6 Å². The van der Waals surface area contributed by atoms with Crippen molar-refractivity contribution in [2.24, 2.45) is 5.92 Å². The van der Waals surface area contributed by atoms with E-state index in [4.69, 9.17) is 0 Å². The first-order valence-electron chi connectivity index (χ1n) is 13.8. The maximum atomic E-state index is 13.6. The van der Waals surface area contributed by atoms with E-state index in [1.54, 1.807) is 6.20 Å². The van der Waals surface area contributed by atoms with Crippen molar-refractivity contribution >= 4 is 11.8 Å². The minimum absolute atomic E-state index is 0.174. The first kappa shape index (κ1) is 23.7. The minimum atomic E-state index is 0.174. The number of piperidine rings is 1. The van der Waals surface area contributed by atoms with Gasteiger partial charge in [0.25, 0.3) is 5.91 Å². The van der Waals surface area contributed by atoms with Gasteiger partial charge >= 0.3 is 0 Å². The number of aryl methyl sites for hydroxylation is 2. The number of aromatic nitrogens is 1. The molecule has 36 heavy (non-hydrogen) atoms. The number of hydrogen-bond donors (Lipinski definition) is 0. The molecule has 4 aliphatic rings. The Kier molecular flexibility index (Phi) is 6.32. The van der Waals surface area contributed by atoms with Gasteiger partial charge in [-0.05, 0) is 76.0 Å². The highest BCUT2D eigenvalue weighted by Crippen LogP contribution is 2.40. The van der Waals surface area contributed by atoms with Crippen molar-refractivity contribution in [3.63, 3.8) is 0 Å². The van der Waals surface area contributed by atoms with Gasteiger partial charge < -0.3 is 9.80 Å². The first-order valence-corrected chi connectivity index (χ1v) is 13.8. The molecule has 2 amide bonds. The van der Waals surface area contributed by atoms with Gasteiger partial charge in [-0.2, -0.15) is 0 Å². The molecule has 2 bridgehead atoms. The van der Waals surface area contributed by atoms with E-state index in [1.807, 2.05) is 26.0 Å². The molecule has 4 fully saturated rings. The summed E-state index contributed by atoms with van der Waals surface area (Å²) in [5, 5.41) is 0. The van der Waals surface area contributed by atoms with E-state index < -0.39 is 0 Å². The van der Waals surface area contributed by atoms with Gasteiger partial charge in [-0.1, -0.05) is 30.3 Å². The second-order valence-electron chi connectivity index (χ2n) is 11.5. The number of likely N-dealkylation sites (tertiary alicyclic amines) is 1. The first-order chi connectivity index (χ1) is 17.5. The van der Waals surface area contributed by atoms with Crippen molar-refractivity contribution in [2.45, 2.75) is 89.5 Å². The van der Waals surface area contributed by atoms with Gasteiger partial charge in [0.05, 0.1) is 11.3 Å². The molecule has 1 aromatic heterocycles. The van der Waals surface area contributed by atoms with E-state index >= 15 is 0 Å². The number of carbonyl (C=O) groups excluding carboxylic acids is 2. The molecule has 3 unspecified atom stereocenters. The van der Waals surface area contributed by atoms with Gasteiger partial charge in [0.1, 0.15) is 0 Å². The van der Waals surface area contributed by atoms with Crippen molar-refractivity contribution in [3.8, 4) is 0 Å². The largest absolute Gasteiger partial charge is 0.334 e. The number of rotatable bonds is 6. The minimum Gasteiger partial charge on any atom is -0.334 e. The summed E-state index contributed by atoms with van der Waals surface area (Å²) in [6.07, 6.45) is 9.23. The van der Waals surface area contributed by atoms with E-state index in [0.29, 0.717) is 24.0 Å². The van der Waals surface area contributed by atoms with Gasteiger partial charge in [-0.15, -0.1) is 0 Å². The van der Waals surface area contributed by atoms with Crippen LogP contribution in [-0.2, 0) is 11.3 Å². The molecule has 3 aliphatic heterocycles. The quantitative estimate of drug-likeness (QED) is 0.609. The van der Waals surface area contributed by atoms with Crippen molar-refractivity contribution in [1.29, 1.82) is 0 Å². The zero-order chi connectivity index (χ0) is 24.8. The highest BCUT2D eigenvalue weighted by Gasteiger charge is 2.47. The normalized spacial score (nSPS) is 27.9. The summed E-state index contributed by atoms with van der Waals surface area (Å²) < 4.78 is 0. The van der Waals surface area contributed by atoms with Gasteiger partial charge in [0, 0.05) is 55.9 Å². The third-order valence-corrected chi connectivity index (χ3v) is 9.06. The van der Waals surface area contributed by atoms with Crippen LogP contribution in [0.4, 0.5) is 0 Å². The molecule has 2 aromatic rings. The van der Waals surface area contributed by atoms with Crippen LogP contribution in [0.3, 0.4) is 0 Å². The number of carbonyl (C=O) groups is 2. The van der Waals surface area contributed by atoms with E-state index in [9.17, 15) is 9.59 Å². The molecule has 3 atom stereocenters. The lowest BCUT2D eigenvalue weighted by Crippen LogP contribution is -2.53. The summed E-state index contributed by atoms with van der Waals surface area (Å²) in [6.45, 7) is 6.70. The summed E-state index contributed by atoms with van der Waals surface area (Å²) in [5.74, 6) is 0.771. The molecular formula is C30H38N4O2. The van der Waals surface area contributed by atoms with Crippen LogP contribution < -0.4 is 0 Å². The predicted octanol–water partition coefficient (Wildman–Crippen LogP) is 4.35. The molecule has 1 aromatic carbocycles. The van der Waals surface area contributed by atoms with Gasteiger partial charge in [-0.3, -0.25) is 19.5 Å². The smallest absolute Gasteiger partial charge is 0.256 e. The van der Waals surface area contributed by atoms with Gasteiger partial charge in [0.2, 0.25) is 5.91 Å². The molecule has 0 radical (unpaired) electrons. The predicted molar refractivity (Wildman–Crippen MR) is 139 cm³/mol. The third kappa shape index (κ3) is 4.45. The van der Waals surface area contributed by atoms with Crippen LogP contribution >= 0.6 is 0 Å². The van der Waals surface area contributed by atoms with E-state index in [-0.39, 0.29) is 17.9 Å². The lowest BCUT2D eigenvalue weighted by molar-refractivity contribution is -0.135. The Morgan fingerprint density at radius 2 is 1.67 bits per heavy atom. The maximum Gasteiger partial charge on any atom is 0.256 e. The summed E-state index contributed by atoms with van der Waals surface area (Å²) in [7, 11) is 0. The molecule has 0 spiro atoms. The lowest BCUT2D eigenvalue weighted by Gasteiger charge is -2.42. The summed E-state index contributed by atoms with van der Waals surface area (Å²) in [4.78, 5) is 38.3. The Balaban J connectivity index is 1.13. The van der Waals surface area contributed by atoms with Crippen LogP contribution in [0.2, 0.25) is 0 Å². The van der Waals surface area contributed by atoms with Crippen molar-refractivity contribution < 1.29 is 9.59 Å². The molecule has 1 saturated carbocycles. The Hall–Kier alpha value is -2.73. The number of amides is 2. The molecule has 3 saturated heterocycles. The Labute approximate surface area is 214 Å². The molecule has 190 valence electrons. The van der Waals surface area contributed by atoms with E-state index in [1.165, 1.54) is 5.56 Å². The van der Waals surface area contributed by atoms with Crippen LogP contribution in [-0.4, -0.2) is 68.8 Å². The number of pyridine rings is 1. The molecule has 6 rings (SSSR count). The Bertz CT molecular complexity index is 1100. The topological polar surface area (TPSA) is 56.8 Å². The zero-order valence-electron chi connectivity index (χ0n) is 21.6. The molecular weight excluding hydrogens is 448 g/mol. The van der Waals surface area contributed by atoms with Gasteiger partial charge in [-0.25, -0.2) is 0 Å². The number of nitrogens with zero attached hydrogens (tertiary/aromatic N) is 4. The SMILES string of the molecule is Cc1ccnc(C)c1C(=O)N1C2CCC1CC(N1CCC(N(Cc3ccccc3)C(=O)C3CC3)C1)C2. The second kappa shape index (κ2) is 9.62. The van der Waals surface area contributed by atoms with Gasteiger partial charge in [0.15, 0.2) is 0 Å². The van der Waals surface area contributed by atoms with E-state index in [0.717, 1.165) is 81.4 Å². The van der Waals surface area contributed by atoms with Crippen LogP contribution in [0.5, 0.6) is 0 Å². The van der Waals surface area contributed by atoms with Crippen LogP contribution in [0.1, 0.15) is 72.1 Å². The highest BCUT2D eigenvalue weighted by molar-refractivity contribution is 5.97. The number of benzene rings is 1. The monoisotopic (exact) mass is 486 g/mol. The maximum absolute atomic E-state index is 13.6. The second-order valence-corrected chi connectivity index (χ2v) is 11.5. The molecule has 1 aliphatic carbocycles. The summed E-state index contributed by atoms with van der Waals surface area (Å²) >= 11 is 0. The summed E-state index contributed by atoms with van der Waals surface area (Å²) in [5.41, 5.74) is 3.87. The van der Waals surface area contributed by atoms with Crippen molar-refractivity contribution in [3.05, 3.63) is 65.0 Å².